The maximum atomic E-state index is 12.7. The van der Waals surface area contributed by atoms with Gasteiger partial charge >= 0.3 is 0 Å². The molecule has 1 atom stereocenters. The van der Waals surface area contributed by atoms with E-state index < -0.39 is 11.7 Å². The molecule has 2 aromatic rings. The zero-order valence-electron chi connectivity index (χ0n) is 20.0. The molecule has 3 heterocycles. The highest BCUT2D eigenvalue weighted by atomic mass is 16.5. The summed E-state index contributed by atoms with van der Waals surface area (Å²) in [5.41, 5.74) is 2.65. The van der Waals surface area contributed by atoms with Gasteiger partial charge in [-0.1, -0.05) is 24.3 Å². The van der Waals surface area contributed by atoms with Crippen LogP contribution in [0.25, 0.3) is 0 Å². The van der Waals surface area contributed by atoms with Crippen molar-refractivity contribution in [3.05, 3.63) is 59.2 Å². The Balaban J connectivity index is 1.12. The summed E-state index contributed by atoms with van der Waals surface area (Å²) in [7, 11) is 1.65. The number of rotatable bonds is 8. The number of anilines is 1. The van der Waals surface area contributed by atoms with Crippen molar-refractivity contribution in [1.29, 1.82) is 0 Å². The number of fused-ring (bicyclic) bond motifs is 2. The molecule has 1 spiro atoms. The van der Waals surface area contributed by atoms with Crippen molar-refractivity contribution < 1.29 is 24.2 Å². The van der Waals surface area contributed by atoms with Crippen molar-refractivity contribution in [2.45, 2.75) is 24.7 Å². The first-order valence-electron chi connectivity index (χ1n) is 12.1. The van der Waals surface area contributed by atoms with Crippen molar-refractivity contribution in [2.75, 3.05) is 58.3 Å². The fourth-order valence-corrected chi connectivity index (χ4v) is 5.00. The van der Waals surface area contributed by atoms with Gasteiger partial charge in [0.2, 0.25) is 5.60 Å². The minimum atomic E-state index is -0.885. The standard InChI is InChI=1S/C26H32N4O5/c1-34-11-10-30-16-26(17-30)25(33)28-22-12-19(6-7-23(22)35-26)24(32)27-13-21(31)15-29-9-8-18-4-2-3-5-20(18)14-29/h2-7,12,21,31H,8-11,13-17H2,1H3,(H,27,32)(H,28,33)/t21-/m0/s1. The maximum absolute atomic E-state index is 12.7. The van der Waals surface area contributed by atoms with E-state index in [0.29, 0.717) is 43.2 Å². The van der Waals surface area contributed by atoms with Gasteiger partial charge in [0, 0.05) is 58.5 Å². The van der Waals surface area contributed by atoms with Gasteiger partial charge in [-0.05, 0) is 35.7 Å². The third-order valence-corrected chi connectivity index (χ3v) is 6.96. The average Bonchev–Trinajstić information content (AvgIpc) is 2.84. The van der Waals surface area contributed by atoms with Crippen LogP contribution in [0.2, 0.25) is 0 Å². The molecule has 0 radical (unpaired) electrons. The number of nitrogens with one attached hydrogen (secondary N) is 2. The normalized spacial score (nSPS) is 19.7. The van der Waals surface area contributed by atoms with Gasteiger partial charge in [-0.15, -0.1) is 0 Å². The number of hydrogen-bond acceptors (Lipinski definition) is 7. The predicted octanol–water partition coefficient (Wildman–Crippen LogP) is 0.867. The van der Waals surface area contributed by atoms with E-state index in [1.54, 1.807) is 25.3 Å². The number of aliphatic hydroxyl groups is 1. The van der Waals surface area contributed by atoms with E-state index in [-0.39, 0.29) is 18.4 Å². The second-order valence-corrected chi connectivity index (χ2v) is 9.58. The number of benzene rings is 2. The summed E-state index contributed by atoms with van der Waals surface area (Å²) < 4.78 is 11.1. The lowest BCUT2D eigenvalue weighted by Crippen LogP contribution is -2.71. The molecule has 5 rings (SSSR count). The molecule has 3 N–H and O–H groups in total. The predicted molar refractivity (Wildman–Crippen MR) is 131 cm³/mol. The van der Waals surface area contributed by atoms with Crippen LogP contribution >= 0.6 is 0 Å². The summed E-state index contributed by atoms with van der Waals surface area (Å²) in [4.78, 5) is 29.7. The summed E-state index contributed by atoms with van der Waals surface area (Å²) in [6.45, 7) is 4.69. The number of ether oxygens (including phenoxy) is 2. The van der Waals surface area contributed by atoms with Crippen molar-refractivity contribution in [3.63, 3.8) is 0 Å². The summed E-state index contributed by atoms with van der Waals surface area (Å²) in [6, 6.07) is 13.4. The van der Waals surface area contributed by atoms with Gasteiger partial charge in [-0.3, -0.25) is 19.4 Å². The lowest BCUT2D eigenvalue weighted by Gasteiger charge is -2.50. The van der Waals surface area contributed by atoms with Crippen LogP contribution in [0.5, 0.6) is 5.75 Å². The third kappa shape index (κ3) is 5.04. The summed E-state index contributed by atoms with van der Waals surface area (Å²) in [6.07, 6.45) is 0.286. The van der Waals surface area contributed by atoms with Crippen molar-refractivity contribution in [3.8, 4) is 5.75 Å². The molecule has 0 aromatic heterocycles. The number of β-amino-alcohol motifs (C(OH)–C–C–N with tert-alkyl or cyclic N) is 1. The van der Waals surface area contributed by atoms with Crippen LogP contribution in [0.15, 0.2) is 42.5 Å². The Labute approximate surface area is 205 Å². The zero-order chi connectivity index (χ0) is 24.4. The summed E-state index contributed by atoms with van der Waals surface area (Å²) in [5, 5.41) is 16.2. The van der Waals surface area contributed by atoms with E-state index in [1.807, 2.05) is 6.07 Å². The van der Waals surface area contributed by atoms with Crippen LogP contribution in [-0.2, 0) is 22.5 Å². The molecule has 0 saturated carbocycles. The molecule has 9 nitrogen and oxygen atoms in total. The van der Waals surface area contributed by atoms with E-state index in [0.717, 1.165) is 26.1 Å². The number of likely N-dealkylation sites (tertiary alicyclic amines) is 1. The quantitative estimate of drug-likeness (QED) is 0.515. The molecule has 3 aliphatic rings. The fraction of sp³-hybridized carbons (Fsp3) is 0.462. The van der Waals surface area contributed by atoms with Crippen LogP contribution in [0.4, 0.5) is 5.69 Å². The van der Waals surface area contributed by atoms with Gasteiger partial charge in [-0.2, -0.15) is 0 Å². The highest BCUT2D eigenvalue weighted by Crippen LogP contribution is 2.38. The van der Waals surface area contributed by atoms with Crippen molar-refractivity contribution in [2.24, 2.45) is 0 Å². The Morgan fingerprint density at radius 3 is 2.83 bits per heavy atom. The zero-order valence-corrected chi connectivity index (χ0v) is 20.0. The van der Waals surface area contributed by atoms with E-state index >= 15 is 0 Å². The molecule has 1 fully saturated rings. The van der Waals surface area contributed by atoms with Gasteiger partial charge in [0.1, 0.15) is 5.75 Å². The first-order valence-corrected chi connectivity index (χ1v) is 12.1. The Hall–Kier alpha value is -2.98. The lowest BCUT2D eigenvalue weighted by atomic mass is 9.91. The maximum Gasteiger partial charge on any atom is 0.271 e. The molecule has 0 aliphatic carbocycles. The van der Waals surface area contributed by atoms with Crippen LogP contribution in [0, 0.1) is 0 Å². The van der Waals surface area contributed by atoms with E-state index in [1.165, 1.54) is 11.1 Å². The SMILES string of the molecule is COCCN1CC2(C1)Oc1ccc(C(=O)NC[C@H](O)CN3CCc4ccccc4C3)cc1NC2=O. The Morgan fingerprint density at radius 2 is 2.03 bits per heavy atom. The number of methoxy groups -OCH3 is 1. The summed E-state index contributed by atoms with van der Waals surface area (Å²) in [5.74, 6) is 0.0486. The number of carbonyl (C=O) groups is 2. The Morgan fingerprint density at radius 1 is 1.23 bits per heavy atom. The van der Waals surface area contributed by atoms with Gasteiger partial charge in [0.15, 0.2) is 0 Å². The minimum Gasteiger partial charge on any atom is -0.472 e. The molecule has 3 aliphatic heterocycles. The van der Waals surface area contributed by atoms with Gasteiger partial charge in [0.25, 0.3) is 11.8 Å². The van der Waals surface area contributed by atoms with Crippen molar-refractivity contribution in [1.82, 2.24) is 15.1 Å². The molecular weight excluding hydrogens is 448 g/mol. The number of carbonyl (C=O) groups excluding carboxylic acids is 2. The Bertz CT molecular complexity index is 1100. The van der Waals surface area contributed by atoms with Gasteiger partial charge < -0.3 is 25.2 Å². The largest absolute Gasteiger partial charge is 0.472 e. The molecular formula is C26H32N4O5. The molecule has 186 valence electrons. The molecule has 35 heavy (non-hydrogen) atoms. The lowest BCUT2D eigenvalue weighted by molar-refractivity contribution is -0.150. The number of hydrogen-bond donors (Lipinski definition) is 3. The van der Waals surface area contributed by atoms with Crippen LogP contribution < -0.4 is 15.4 Å². The highest BCUT2D eigenvalue weighted by molar-refractivity contribution is 6.03. The first-order chi connectivity index (χ1) is 17.0. The molecule has 1 saturated heterocycles. The van der Waals surface area contributed by atoms with Crippen LogP contribution in [0.3, 0.4) is 0 Å². The number of nitrogens with zero attached hydrogens (tertiary/aromatic N) is 2. The fourth-order valence-electron chi connectivity index (χ4n) is 5.00. The average molecular weight is 481 g/mol. The topological polar surface area (TPSA) is 103 Å². The second-order valence-electron chi connectivity index (χ2n) is 9.58. The monoisotopic (exact) mass is 480 g/mol. The minimum absolute atomic E-state index is 0.150. The van der Waals surface area contributed by atoms with Crippen LogP contribution in [-0.4, -0.2) is 91.4 Å². The number of aliphatic hydroxyl groups excluding tert-OH is 1. The van der Waals surface area contributed by atoms with E-state index in [2.05, 4.69) is 38.6 Å². The highest BCUT2D eigenvalue weighted by Gasteiger charge is 2.53. The smallest absolute Gasteiger partial charge is 0.271 e. The van der Waals surface area contributed by atoms with Gasteiger partial charge in [-0.25, -0.2) is 0 Å². The molecule has 0 bridgehead atoms. The van der Waals surface area contributed by atoms with E-state index in [9.17, 15) is 14.7 Å². The molecule has 9 heteroatoms. The first kappa shape index (κ1) is 23.7. The van der Waals surface area contributed by atoms with Gasteiger partial charge in [0.05, 0.1) is 18.4 Å². The Kier molecular flexibility index (Phi) is 6.75. The summed E-state index contributed by atoms with van der Waals surface area (Å²) >= 11 is 0. The third-order valence-electron chi connectivity index (χ3n) is 6.96. The number of amides is 2. The van der Waals surface area contributed by atoms with Crippen LogP contribution in [0.1, 0.15) is 21.5 Å². The van der Waals surface area contributed by atoms with Crippen molar-refractivity contribution >= 4 is 17.5 Å². The second kappa shape index (κ2) is 9.94. The molecule has 2 aromatic carbocycles. The molecule has 0 unspecified atom stereocenters. The van der Waals surface area contributed by atoms with E-state index in [4.69, 9.17) is 9.47 Å². The molecule has 2 amide bonds.